The second kappa shape index (κ2) is 12.4. The molecule has 0 saturated carbocycles. The van der Waals surface area contributed by atoms with Crippen molar-refractivity contribution >= 4 is 55.0 Å². The molecule has 0 amide bonds. The third-order valence-corrected chi connectivity index (χ3v) is 8.47. The van der Waals surface area contributed by atoms with Crippen LogP contribution in [0.15, 0.2) is 97.1 Å². The number of benzene rings is 3. The van der Waals surface area contributed by atoms with Crippen LogP contribution in [0.4, 0.5) is 5.69 Å². The van der Waals surface area contributed by atoms with Crippen molar-refractivity contribution in [2.75, 3.05) is 29.7 Å². The predicted molar refractivity (Wildman–Crippen MR) is 142 cm³/mol. The lowest BCUT2D eigenvalue weighted by Crippen LogP contribution is -2.60. The van der Waals surface area contributed by atoms with Crippen LogP contribution in [0, 0.1) is 10.2 Å². The van der Waals surface area contributed by atoms with Crippen molar-refractivity contribution in [1.29, 1.82) is 0 Å². The van der Waals surface area contributed by atoms with Gasteiger partial charge in [-0.2, -0.15) is 14.0 Å². The topological polar surface area (TPSA) is 81.6 Å². The van der Waals surface area contributed by atoms with Gasteiger partial charge in [-0.25, -0.2) is 0 Å². The Balaban J connectivity index is 1.85. The van der Waals surface area contributed by atoms with Crippen molar-refractivity contribution in [2.45, 2.75) is 0 Å². The van der Waals surface area contributed by atoms with Gasteiger partial charge in [-0.15, -0.1) is 23.2 Å². The molecule has 0 bridgehead atoms. The summed E-state index contributed by atoms with van der Waals surface area (Å²) in [6, 6.07) is 26.7. The molecule has 36 heavy (non-hydrogen) atoms. The van der Waals surface area contributed by atoms with Gasteiger partial charge >= 0.3 is 0 Å². The quantitative estimate of drug-likeness (QED) is 0.277. The van der Waals surface area contributed by atoms with E-state index in [-0.39, 0.29) is 0 Å². The van der Waals surface area contributed by atoms with Crippen LogP contribution < -0.4 is 18.9 Å². The Bertz CT molecular complexity index is 1250. The first kappa shape index (κ1) is 26.9. The molecular weight excluding hydrogens is 541 g/mol. The van der Waals surface area contributed by atoms with Crippen LogP contribution in [0.3, 0.4) is 0 Å². The van der Waals surface area contributed by atoms with Crippen molar-refractivity contribution in [3.8, 4) is 0 Å². The molecule has 9 heteroatoms. The molecule has 0 saturated heterocycles. The number of rotatable bonds is 10. The molecule has 3 aromatic carbocycles. The first-order valence-electron chi connectivity index (χ1n) is 11.1. The van der Waals surface area contributed by atoms with Gasteiger partial charge in [0.25, 0.3) is 0 Å². The Kier molecular flexibility index (Phi) is 9.28. The molecule has 0 radical (unpaired) electrons. The number of halogens is 3. The van der Waals surface area contributed by atoms with Gasteiger partial charge in [0.1, 0.15) is 14.5 Å². The zero-order chi connectivity index (χ0) is 25.5. The van der Waals surface area contributed by atoms with Crippen LogP contribution in [-0.2, 0) is 3.74 Å². The van der Waals surface area contributed by atoms with E-state index in [0.717, 1.165) is 28.0 Å². The molecule has 0 aliphatic carbocycles. The Labute approximate surface area is 225 Å². The summed E-state index contributed by atoms with van der Waals surface area (Å²) >= 11 is 11.9. The maximum Gasteiger partial charge on any atom is 0.148 e. The zero-order valence-electron chi connectivity index (χ0n) is 19.2. The summed E-state index contributed by atoms with van der Waals surface area (Å²) in [7, 11) is -6.11. The monoisotopic (exact) mass is 563 g/mol. The van der Waals surface area contributed by atoms with Crippen LogP contribution in [0.2, 0.25) is 0 Å². The maximum atomic E-state index is 11.7. The normalized spacial score (nSPS) is 15.9. The standard InChI is InChI=1S/C27H24Cl3NO4S/c28-15-17-31(18-16-29)25-13-11-21(12-14-25)24-19-26(22-7-3-1-4-8-22)36(35-30(32,33)34)27(20-24)23-9-5-2-6-10-23/h1-14,19-20H,15-18H2. The van der Waals surface area contributed by atoms with Crippen LogP contribution in [0.25, 0.3) is 10.5 Å². The first-order chi connectivity index (χ1) is 17.4. The molecule has 3 aromatic rings. The lowest BCUT2D eigenvalue weighted by Gasteiger charge is -2.24. The molecule has 0 spiro atoms. The van der Waals surface area contributed by atoms with Gasteiger partial charge in [0.2, 0.25) is 0 Å². The highest BCUT2D eigenvalue weighted by molar-refractivity contribution is 8.20. The Morgan fingerprint density at radius 1 is 0.694 bits per heavy atom. The maximum absolute atomic E-state index is 11.7. The molecular formula is C27H24Cl3NO4S. The van der Waals surface area contributed by atoms with Crippen LogP contribution in [-0.4, -0.2) is 29.7 Å². The number of alkyl halides is 2. The van der Waals surface area contributed by atoms with E-state index in [1.165, 1.54) is 0 Å². The Morgan fingerprint density at radius 3 is 1.78 bits per heavy atom. The van der Waals surface area contributed by atoms with Gasteiger partial charge in [-0.3, -0.25) is 0 Å². The summed E-state index contributed by atoms with van der Waals surface area (Å²) in [5.41, 5.74) is 4.35. The van der Waals surface area contributed by atoms with Gasteiger partial charge in [0.15, 0.2) is 0 Å². The van der Waals surface area contributed by atoms with Crippen molar-refractivity contribution in [1.82, 2.24) is 0 Å². The molecule has 5 nitrogen and oxygen atoms in total. The van der Waals surface area contributed by atoms with Crippen LogP contribution >= 0.6 is 34.0 Å². The Hall–Kier alpha value is -2.13. The van der Waals surface area contributed by atoms with E-state index >= 15 is 0 Å². The zero-order valence-corrected chi connectivity index (χ0v) is 22.3. The number of allylic oxidation sites excluding steroid dienone is 3. The lowest BCUT2D eigenvalue weighted by atomic mass is 10.00. The molecule has 1 aliphatic heterocycles. The largest absolute Gasteiger partial charge is 0.369 e. The minimum Gasteiger partial charge on any atom is -0.369 e. The van der Waals surface area contributed by atoms with Crippen molar-refractivity contribution in [3.63, 3.8) is 0 Å². The lowest BCUT2D eigenvalue weighted by molar-refractivity contribution is -1.91. The van der Waals surface area contributed by atoms with Crippen LogP contribution in [0.1, 0.15) is 16.7 Å². The summed E-state index contributed by atoms with van der Waals surface area (Å²) < 4.78 is 40.3. The highest BCUT2D eigenvalue weighted by Gasteiger charge is 2.31. The predicted octanol–water partition coefficient (Wildman–Crippen LogP) is 3.73. The van der Waals surface area contributed by atoms with E-state index < -0.39 is 21.0 Å². The highest BCUT2D eigenvalue weighted by Crippen LogP contribution is 2.45. The first-order valence-corrected chi connectivity index (χ1v) is 14.6. The van der Waals surface area contributed by atoms with Crippen molar-refractivity contribution in [2.24, 2.45) is 0 Å². The van der Waals surface area contributed by atoms with Crippen molar-refractivity contribution in [3.05, 3.63) is 114 Å². The molecule has 188 valence electrons. The molecule has 1 atom stereocenters. The van der Waals surface area contributed by atoms with E-state index in [2.05, 4.69) is 4.90 Å². The third kappa shape index (κ3) is 6.79. The van der Waals surface area contributed by atoms with Gasteiger partial charge in [0, 0.05) is 30.5 Å². The smallest absolute Gasteiger partial charge is 0.148 e. The van der Waals surface area contributed by atoms with E-state index in [0.29, 0.717) is 34.6 Å². The average Bonchev–Trinajstić information content (AvgIpc) is 2.89. The van der Waals surface area contributed by atoms with E-state index in [1.807, 2.05) is 97.1 Å². The molecule has 4 rings (SSSR count). The number of hydrogen-bond acceptors (Lipinski definition) is 5. The Morgan fingerprint density at radius 2 is 1.25 bits per heavy atom. The van der Waals surface area contributed by atoms with E-state index in [4.69, 9.17) is 26.9 Å². The van der Waals surface area contributed by atoms with Crippen molar-refractivity contribution < 1.29 is 28.0 Å². The summed E-state index contributed by atoms with van der Waals surface area (Å²) in [6.07, 6.45) is 3.77. The van der Waals surface area contributed by atoms with E-state index in [9.17, 15) is 14.0 Å². The fraction of sp³-hybridized carbons (Fsp3) is 0.148. The molecule has 1 heterocycles. The number of nitrogens with zero attached hydrogens (tertiary/aromatic N) is 1. The fourth-order valence-electron chi connectivity index (χ4n) is 3.89. The highest BCUT2D eigenvalue weighted by atomic mass is 35.7. The molecule has 0 fully saturated rings. The number of anilines is 1. The minimum atomic E-state index is -4.66. The molecule has 0 aromatic heterocycles. The minimum absolute atomic E-state index is 0.493. The molecule has 0 N–H and O–H groups in total. The molecule has 1 unspecified atom stereocenters. The fourth-order valence-corrected chi connectivity index (χ4v) is 6.86. The summed E-state index contributed by atoms with van der Waals surface area (Å²) in [5.74, 6) is 0.985. The van der Waals surface area contributed by atoms with Gasteiger partial charge in [-0.1, -0.05) is 72.8 Å². The van der Waals surface area contributed by atoms with Gasteiger partial charge < -0.3 is 4.90 Å². The summed E-state index contributed by atoms with van der Waals surface area (Å²) in [5, 5.41) is 0. The number of hydrogen-bond donors (Lipinski definition) is 0. The average molecular weight is 565 g/mol. The second-order valence-electron chi connectivity index (χ2n) is 7.83. The van der Waals surface area contributed by atoms with Gasteiger partial charge in [0.05, 0.1) is 20.0 Å². The SMILES string of the molecule is [O-][Cl+3]([O-])([O-])OS1=C(c2ccccc2)C=C(c2ccc(N(CCCl)CCCl)cc2)C=C1c1ccccc1. The summed E-state index contributed by atoms with van der Waals surface area (Å²) in [6.45, 7) is 1.37. The summed E-state index contributed by atoms with van der Waals surface area (Å²) in [4.78, 5) is 3.33. The molecule has 1 aliphatic rings. The van der Waals surface area contributed by atoms with Gasteiger partial charge in [-0.05, 0) is 46.5 Å². The second-order valence-corrected chi connectivity index (χ2v) is 11.3. The van der Waals surface area contributed by atoms with E-state index in [1.54, 1.807) is 0 Å². The third-order valence-electron chi connectivity index (χ3n) is 5.50. The van der Waals surface area contributed by atoms with Crippen LogP contribution in [0.5, 0.6) is 0 Å².